The van der Waals surface area contributed by atoms with Crippen LogP contribution in [0.2, 0.25) is 0 Å². The maximum Gasteiger partial charge on any atom is 0.246 e. The maximum absolute atomic E-state index is 5.80. The van der Waals surface area contributed by atoms with Crippen molar-refractivity contribution in [1.82, 2.24) is 15.0 Å². The van der Waals surface area contributed by atoms with E-state index in [0.29, 0.717) is 25.1 Å². The van der Waals surface area contributed by atoms with Crippen molar-refractivity contribution >= 4 is 17.8 Å². The Hall–Kier alpha value is -1.67. The minimum atomic E-state index is 0.503. The molecule has 0 bridgehead atoms. The summed E-state index contributed by atoms with van der Waals surface area (Å²) in [6.45, 7) is 5.02. The predicted molar refractivity (Wildman–Crippen MR) is 76.9 cm³/mol. The van der Waals surface area contributed by atoms with Crippen LogP contribution in [0.3, 0.4) is 0 Å². The quantitative estimate of drug-likeness (QED) is 0.592. The molecular weight excluding hydrogens is 258 g/mol. The van der Waals surface area contributed by atoms with E-state index in [1.54, 1.807) is 7.05 Å². The molecule has 1 aromatic heterocycles. The fraction of sp³-hybridized carbons (Fsp3) is 0.750. The van der Waals surface area contributed by atoms with Gasteiger partial charge in [-0.2, -0.15) is 15.0 Å². The van der Waals surface area contributed by atoms with Crippen LogP contribution in [0.4, 0.5) is 17.8 Å². The number of ether oxygens (including phenoxy) is 1. The Morgan fingerprint density at radius 3 is 2.05 bits per heavy atom. The van der Waals surface area contributed by atoms with Gasteiger partial charge in [-0.15, -0.1) is 0 Å². The lowest BCUT2D eigenvalue weighted by molar-refractivity contribution is 0.122. The number of nitrogens with zero attached hydrogens (tertiary/aromatic N) is 6. The Balaban J connectivity index is 1.91. The molecule has 3 heterocycles. The summed E-state index contributed by atoms with van der Waals surface area (Å²) in [5.41, 5.74) is 0. The molecule has 8 heteroatoms. The smallest absolute Gasteiger partial charge is 0.246 e. The fourth-order valence-electron chi connectivity index (χ4n) is 2.46. The Morgan fingerprint density at radius 2 is 1.50 bits per heavy atom. The average molecular weight is 279 g/mol. The van der Waals surface area contributed by atoms with E-state index < -0.39 is 0 Å². The number of hydrogen-bond acceptors (Lipinski definition) is 8. The molecule has 20 heavy (non-hydrogen) atoms. The van der Waals surface area contributed by atoms with Gasteiger partial charge in [0.2, 0.25) is 17.8 Å². The lowest BCUT2D eigenvalue weighted by atomic mass is 10.4. The number of nitrogens with two attached hydrogens (primary N) is 1. The molecule has 1 aromatic rings. The third-order valence-corrected chi connectivity index (χ3v) is 3.60. The van der Waals surface area contributed by atoms with E-state index in [9.17, 15) is 0 Å². The normalized spacial score (nSPS) is 19.5. The predicted octanol–water partition coefficient (Wildman–Crippen LogP) is -0.382. The molecule has 2 N–H and O–H groups in total. The van der Waals surface area contributed by atoms with Crippen LogP contribution in [0.25, 0.3) is 0 Å². The molecule has 0 unspecified atom stereocenters. The number of morpholine rings is 1. The molecule has 0 radical (unpaired) electrons. The zero-order chi connectivity index (χ0) is 13.9. The van der Waals surface area contributed by atoms with Gasteiger partial charge in [-0.3, -0.25) is 5.01 Å². The molecule has 2 saturated heterocycles. The molecule has 2 aliphatic heterocycles. The largest absolute Gasteiger partial charge is 0.378 e. The average Bonchev–Trinajstić information content (AvgIpc) is 3.02. The number of rotatable bonds is 3. The zero-order valence-electron chi connectivity index (χ0n) is 11.8. The topological polar surface area (TPSA) is 83.6 Å². The van der Waals surface area contributed by atoms with E-state index in [-0.39, 0.29) is 0 Å². The summed E-state index contributed by atoms with van der Waals surface area (Å²) >= 11 is 0. The maximum atomic E-state index is 5.80. The van der Waals surface area contributed by atoms with Gasteiger partial charge in [-0.25, -0.2) is 5.84 Å². The van der Waals surface area contributed by atoms with Crippen molar-refractivity contribution in [1.29, 1.82) is 0 Å². The van der Waals surface area contributed by atoms with Crippen molar-refractivity contribution < 1.29 is 4.74 Å². The highest BCUT2D eigenvalue weighted by Crippen LogP contribution is 2.21. The summed E-state index contributed by atoms with van der Waals surface area (Å²) in [4.78, 5) is 17.8. The number of anilines is 3. The first-order valence-electron chi connectivity index (χ1n) is 7.06. The van der Waals surface area contributed by atoms with Crippen LogP contribution in [0.5, 0.6) is 0 Å². The number of hydrazine groups is 1. The van der Waals surface area contributed by atoms with Gasteiger partial charge in [-0.05, 0) is 12.8 Å². The molecule has 0 atom stereocenters. The van der Waals surface area contributed by atoms with E-state index in [1.165, 1.54) is 17.9 Å². The first-order chi connectivity index (χ1) is 9.74. The monoisotopic (exact) mass is 279 g/mol. The summed E-state index contributed by atoms with van der Waals surface area (Å²) in [6.07, 6.45) is 2.37. The van der Waals surface area contributed by atoms with Crippen LogP contribution in [0, 0.1) is 0 Å². The minimum absolute atomic E-state index is 0.503. The fourth-order valence-corrected chi connectivity index (χ4v) is 2.46. The van der Waals surface area contributed by atoms with Crippen molar-refractivity contribution in [2.24, 2.45) is 5.84 Å². The first-order valence-corrected chi connectivity index (χ1v) is 7.06. The van der Waals surface area contributed by atoms with E-state index in [2.05, 4.69) is 24.8 Å². The molecule has 2 fully saturated rings. The Kier molecular flexibility index (Phi) is 3.83. The van der Waals surface area contributed by atoms with Crippen molar-refractivity contribution in [3.63, 3.8) is 0 Å². The third-order valence-electron chi connectivity index (χ3n) is 3.60. The number of aromatic nitrogens is 3. The van der Waals surface area contributed by atoms with Crippen LogP contribution in [-0.2, 0) is 4.74 Å². The van der Waals surface area contributed by atoms with Crippen LogP contribution in [0.15, 0.2) is 0 Å². The van der Waals surface area contributed by atoms with Gasteiger partial charge < -0.3 is 14.5 Å². The molecule has 0 aliphatic carbocycles. The van der Waals surface area contributed by atoms with Gasteiger partial charge in [-0.1, -0.05) is 0 Å². The van der Waals surface area contributed by atoms with Crippen LogP contribution >= 0.6 is 0 Å². The highest BCUT2D eigenvalue weighted by atomic mass is 16.5. The van der Waals surface area contributed by atoms with Crippen LogP contribution in [0.1, 0.15) is 12.8 Å². The van der Waals surface area contributed by atoms with E-state index in [4.69, 9.17) is 10.6 Å². The highest BCUT2D eigenvalue weighted by Gasteiger charge is 2.21. The summed E-state index contributed by atoms with van der Waals surface area (Å²) < 4.78 is 5.37. The molecule has 0 amide bonds. The van der Waals surface area contributed by atoms with E-state index >= 15 is 0 Å². The molecule has 3 rings (SSSR count). The van der Waals surface area contributed by atoms with Gasteiger partial charge in [0.05, 0.1) is 13.2 Å². The minimum Gasteiger partial charge on any atom is -0.378 e. The van der Waals surface area contributed by atoms with E-state index in [1.807, 2.05) is 0 Å². The molecule has 110 valence electrons. The van der Waals surface area contributed by atoms with Gasteiger partial charge in [0, 0.05) is 33.2 Å². The van der Waals surface area contributed by atoms with Crippen molar-refractivity contribution in [2.75, 3.05) is 61.2 Å². The van der Waals surface area contributed by atoms with Crippen molar-refractivity contribution in [3.8, 4) is 0 Å². The Morgan fingerprint density at radius 1 is 0.950 bits per heavy atom. The second-order valence-corrected chi connectivity index (χ2v) is 5.14. The summed E-state index contributed by atoms with van der Waals surface area (Å²) in [5.74, 6) is 7.72. The van der Waals surface area contributed by atoms with Gasteiger partial charge >= 0.3 is 0 Å². The highest BCUT2D eigenvalue weighted by molar-refractivity contribution is 5.46. The summed E-state index contributed by atoms with van der Waals surface area (Å²) in [6, 6.07) is 0. The lowest BCUT2D eigenvalue weighted by Gasteiger charge is -2.28. The molecule has 8 nitrogen and oxygen atoms in total. The van der Waals surface area contributed by atoms with Gasteiger partial charge in [0.25, 0.3) is 0 Å². The molecule has 0 saturated carbocycles. The summed E-state index contributed by atoms with van der Waals surface area (Å²) in [7, 11) is 1.74. The molecule has 0 aromatic carbocycles. The van der Waals surface area contributed by atoms with E-state index in [0.717, 1.165) is 32.1 Å². The third kappa shape index (κ3) is 2.75. The Labute approximate surface area is 118 Å². The molecular formula is C12H21N7O. The SMILES string of the molecule is CN(N)c1nc(N2CCCC2)nc(N2CCOCC2)n1. The number of hydrogen-bond donors (Lipinski definition) is 1. The molecule has 0 spiro atoms. The summed E-state index contributed by atoms with van der Waals surface area (Å²) in [5, 5.41) is 1.44. The second-order valence-electron chi connectivity index (χ2n) is 5.14. The van der Waals surface area contributed by atoms with Crippen LogP contribution < -0.4 is 20.7 Å². The Bertz CT molecular complexity index is 455. The zero-order valence-corrected chi connectivity index (χ0v) is 11.8. The standard InChI is InChI=1S/C12H21N7O/c1-17(13)10-14-11(18-4-2-3-5-18)16-12(15-10)19-6-8-20-9-7-19/h2-9,13H2,1H3. The second kappa shape index (κ2) is 5.76. The van der Waals surface area contributed by atoms with Crippen molar-refractivity contribution in [3.05, 3.63) is 0 Å². The molecule has 2 aliphatic rings. The first kappa shape index (κ1) is 13.3. The van der Waals surface area contributed by atoms with Gasteiger partial charge in [0.1, 0.15) is 0 Å². The lowest BCUT2D eigenvalue weighted by Crippen LogP contribution is -2.38. The van der Waals surface area contributed by atoms with Gasteiger partial charge in [0.15, 0.2) is 0 Å². The van der Waals surface area contributed by atoms with Crippen LogP contribution in [-0.4, -0.2) is 61.4 Å². The van der Waals surface area contributed by atoms with Crippen molar-refractivity contribution in [2.45, 2.75) is 12.8 Å².